The molecule has 22 heavy (non-hydrogen) atoms. The highest BCUT2D eigenvalue weighted by Crippen LogP contribution is 2.28. The van der Waals surface area contributed by atoms with E-state index in [-0.39, 0.29) is 0 Å². The molecule has 0 aromatic heterocycles. The van der Waals surface area contributed by atoms with E-state index in [0.29, 0.717) is 18.6 Å². The van der Waals surface area contributed by atoms with Crippen molar-refractivity contribution >= 4 is 5.78 Å². The monoisotopic (exact) mass is 302 g/mol. The minimum absolute atomic E-state index is 0.343. The average molecular weight is 302 g/mol. The Morgan fingerprint density at radius 1 is 0.955 bits per heavy atom. The van der Waals surface area contributed by atoms with Crippen LogP contribution in [-0.4, -0.2) is 12.4 Å². The summed E-state index contributed by atoms with van der Waals surface area (Å²) in [5, 5.41) is 0. The SMILES string of the molecule is CCCCCCCCCCOc1cccc2c1CC(=O)CC2. The summed E-state index contributed by atoms with van der Waals surface area (Å²) in [5.74, 6) is 1.28. The molecular formula is C20H30O2. The lowest BCUT2D eigenvalue weighted by molar-refractivity contribution is -0.118. The maximum atomic E-state index is 11.6. The van der Waals surface area contributed by atoms with E-state index < -0.39 is 0 Å². The van der Waals surface area contributed by atoms with E-state index in [2.05, 4.69) is 19.1 Å². The topological polar surface area (TPSA) is 26.3 Å². The highest BCUT2D eigenvalue weighted by atomic mass is 16.5. The van der Waals surface area contributed by atoms with E-state index in [1.165, 1.54) is 50.5 Å². The van der Waals surface area contributed by atoms with Crippen LogP contribution in [0.3, 0.4) is 0 Å². The molecule has 2 heteroatoms. The van der Waals surface area contributed by atoms with Gasteiger partial charge < -0.3 is 4.74 Å². The molecule has 0 amide bonds. The second-order valence-corrected chi connectivity index (χ2v) is 6.43. The molecule has 1 aliphatic rings. The van der Waals surface area contributed by atoms with E-state index in [9.17, 15) is 4.79 Å². The van der Waals surface area contributed by atoms with Crippen molar-refractivity contribution in [1.29, 1.82) is 0 Å². The number of fused-ring (bicyclic) bond motifs is 1. The van der Waals surface area contributed by atoms with Crippen LogP contribution in [0.4, 0.5) is 0 Å². The van der Waals surface area contributed by atoms with Crippen molar-refractivity contribution in [2.45, 2.75) is 77.6 Å². The van der Waals surface area contributed by atoms with Crippen molar-refractivity contribution in [2.24, 2.45) is 0 Å². The van der Waals surface area contributed by atoms with Crippen LogP contribution in [0.1, 0.15) is 75.8 Å². The molecule has 0 fully saturated rings. The zero-order chi connectivity index (χ0) is 15.6. The Morgan fingerprint density at radius 2 is 1.68 bits per heavy atom. The van der Waals surface area contributed by atoms with Crippen molar-refractivity contribution in [3.63, 3.8) is 0 Å². The normalized spacial score (nSPS) is 14.0. The van der Waals surface area contributed by atoms with Crippen LogP contribution < -0.4 is 4.74 Å². The Bertz CT molecular complexity index is 465. The van der Waals surface area contributed by atoms with Crippen molar-refractivity contribution in [3.8, 4) is 5.75 Å². The van der Waals surface area contributed by atoms with Gasteiger partial charge in [-0.15, -0.1) is 0 Å². The number of ketones is 1. The zero-order valence-electron chi connectivity index (χ0n) is 14.0. The largest absolute Gasteiger partial charge is 0.493 e. The maximum Gasteiger partial charge on any atom is 0.137 e. The molecule has 1 aromatic carbocycles. The van der Waals surface area contributed by atoms with Crippen molar-refractivity contribution < 1.29 is 9.53 Å². The average Bonchev–Trinajstić information content (AvgIpc) is 2.53. The van der Waals surface area contributed by atoms with Crippen LogP contribution in [0, 0.1) is 0 Å². The highest BCUT2D eigenvalue weighted by molar-refractivity contribution is 5.84. The summed E-state index contributed by atoms with van der Waals surface area (Å²) >= 11 is 0. The Hall–Kier alpha value is -1.31. The van der Waals surface area contributed by atoms with Crippen molar-refractivity contribution in [3.05, 3.63) is 29.3 Å². The number of benzene rings is 1. The third-order valence-electron chi connectivity index (χ3n) is 4.53. The Labute approximate surface area is 135 Å². The molecule has 0 spiro atoms. The molecule has 122 valence electrons. The Kier molecular flexibility index (Phi) is 7.48. The third-order valence-corrected chi connectivity index (χ3v) is 4.53. The molecule has 0 N–H and O–H groups in total. The van der Waals surface area contributed by atoms with Gasteiger partial charge in [0.1, 0.15) is 11.5 Å². The first kappa shape index (κ1) is 17.1. The number of hydrogen-bond donors (Lipinski definition) is 0. The summed E-state index contributed by atoms with van der Waals surface area (Å²) in [6, 6.07) is 6.20. The van der Waals surface area contributed by atoms with Crippen molar-refractivity contribution in [2.75, 3.05) is 6.61 Å². The molecule has 0 heterocycles. The number of carbonyl (C=O) groups excluding carboxylic acids is 1. The van der Waals surface area contributed by atoms with E-state index >= 15 is 0 Å². The quantitative estimate of drug-likeness (QED) is 0.551. The molecular weight excluding hydrogens is 272 g/mol. The van der Waals surface area contributed by atoms with Crippen LogP contribution in [0.15, 0.2) is 18.2 Å². The van der Waals surface area contributed by atoms with Gasteiger partial charge in [0.25, 0.3) is 0 Å². The number of carbonyl (C=O) groups is 1. The number of unbranched alkanes of at least 4 members (excludes halogenated alkanes) is 7. The molecule has 0 saturated heterocycles. The summed E-state index contributed by atoms with van der Waals surface area (Å²) in [7, 11) is 0. The molecule has 1 aliphatic carbocycles. The van der Waals surface area contributed by atoms with Gasteiger partial charge in [-0.25, -0.2) is 0 Å². The van der Waals surface area contributed by atoms with Gasteiger partial charge in [0.05, 0.1) is 6.61 Å². The van der Waals surface area contributed by atoms with Gasteiger partial charge in [-0.2, -0.15) is 0 Å². The summed E-state index contributed by atoms with van der Waals surface area (Å²) in [6.45, 7) is 3.03. The maximum absolute atomic E-state index is 11.6. The summed E-state index contributed by atoms with van der Waals surface area (Å²) in [4.78, 5) is 11.6. The standard InChI is InChI=1S/C20H30O2/c1-2-3-4-5-6-7-8-9-15-22-20-12-10-11-17-13-14-18(21)16-19(17)20/h10-12H,2-9,13-16H2,1H3. The summed E-state index contributed by atoms with van der Waals surface area (Å²) in [6.07, 6.45) is 12.6. The molecule has 1 aromatic rings. The Morgan fingerprint density at radius 3 is 2.45 bits per heavy atom. The van der Waals surface area contributed by atoms with E-state index in [1.807, 2.05) is 6.07 Å². The number of hydrogen-bond acceptors (Lipinski definition) is 2. The number of aryl methyl sites for hydroxylation is 1. The molecule has 0 saturated carbocycles. The van der Waals surface area contributed by atoms with Crippen LogP contribution in [0.25, 0.3) is 0 Å². The number of rotatable bonds is 10. The smallest absolute Gasteiger partial charge is 0.137 e. The fourth-order valence-corrected chi connectivity index (χ4v) is 3.16. The highest BCUT2D eigenvalue weighted by Gasteiger charge is 2.18. The van der Waals surface area contributed by atoms with Crippen LogP contribution in [-0.2, 0) is 17.6 Å². The molecule has 0 radical (unpaired) electrons. The first-order chi connectivity index (χ1) is 10.8. The van der Waals surface area contributed by atoms with E-state index in [1.54, 1.807) is 0 Å². The van der Waals surface area contributed by atoms with Gasteiger partial charge in [-0.1, -0.05) is 64.0 Å². The van der Waals surface area contributed by atoms with Gasteiger partial charge >= 0.3 is 0 Å². The number of Topliss-reactive ketones (excluding diaryl/α,β-unsaturated/α-hetero) is 1. The summed E-state index contributed by atoms with van der Waals surface area (Å²) < 4.78 is 5.95. The molecule has 2 rings (SSSR count). The second-order valence-electron chi connectivity index (χ2n) is 6.43. The lowest BCUT2D eigenvalue weighted by atomic mass is 9.90. The minimum atomic E-state index is 0.343. The van der Waals surface area contributed by atoms with E-state index in [4.69, 9.17) is 4.74 Å². The van der Waals surface area contributed by atoms with E-state index in [0.717, 1.165) is 30.8 Å². The van der Waals surface area contributed by atoms with Gasteiger partial charge in [0.2, 0.25) is 0 Å². The molecule has 0 unspecified atom stereocenters. The minimum Gasteiger partial charge on any atom is -0.493 e. The lowest BCUT2D eigenvalue weighted by Crippen LogP contribution is -2.14. The van der Waals surface area contributed by atoms with Crippen LogP contribution in [0.2, 0.25) is 0 Å². The molecule has 2 nitrogen and oxygen atoms in total. The second kappa shape index (κ2) is 9.66. The molecule has 0 atom stereocenters. The third kappa shape index (κ3) is 5.47. The van der Waals surface area contributed by atoms with Crippen LogP contribution in [0.5, 0.6) is 5.75 Å². The summed E-state index contributed by atoms with van der Waals surface area (Å²) in [5.41, 5.74) is 2.44. The fraction of sp³-hybridized carbons (Fsp3) is 0.650. The van der Waals surface area contributed by atoms with Crippen LogP contribution >= 0.6 is 0 Å². The van der Waals surface area contributed by atoms with Gasteiger partial charge in [-0.05, 0) is 24.5 Å². The first-order valence-electron chi connectivity index (χ1n) is 9.06. The predicted octanol–water partition coefficient (Wildman–Crippen LogP) is 5.26. The first-order valence-corrected chi connectivity index (χ1v) is 9.06. The zero-order valence-corrected chi connectivity index (χ0v) is 14.0. The lowest BCUT2D eigenvalue weighted by Gasteiger charge is -2.18. The van der Waals surface area contributed by atoms with Crippen molar-refractivity contribution in [1.82, 2.24) is 0 Å². The Balaban J connectivity index is 1.64. The molecule has 0 aliphatic heterocycles. The fourth-order valence-electron chi connectivity index (χ4n) is 3.16. The van der Waals surface area contributed by atoms with Gasteiger partial charge in [0.15, 0.2) is 0 Å². The predicted molar refractivity (Wildman–Crippen MR) is 91.6 cm³/mol. The number of ether oxygens (including phenoxy) is 1. The molecule has 0 bridgehead atoms. The van der Waals surface area contributed by atoms with Gasteiger partial charge in [-0.3, -0.25) is 4.79 Å². The van der Waals surface area contributed by atoms with Gasteiger partial charge in [0, 0.05) is 18.4 Å².